The van der Waals surface area contributed by atoms with Crippen molar-refractivity contribution in [3.05, 3.63) is 71.9 Å². The van der Waals surface area contributed by atoms with E-state index in [1.807, 2.05) is 19.2 Å². The maximum Gasteiger partial charge on any atom is 0.165 e. The molecule has 0 atom stereocenters. The van der Waals surface area contributed by atoms with Gasteiger partial charge in [0.2, 0.25) is 0 Å². The molecule has 0 fully saturated rings. The van der Waals surface area contributed by atoms with Gasteiger partial charge in [-0.25, -0.2) is 0 Å². The fourth-order valence-electron chi connectivity index (χ4n) is 3.12. The number of hydrogen-bond donors (Lipinski definition) is 1. The van der Waals surface area contributed by atoms with Crippen molar-refractivity contribution in [2.24, 2.45) is 0 Å². The quantitative estimate of drug-likeness (QED) is 0.600. The van der Waals surface area contributed by atoms with Gasteiger partial charge in [0, 0.05) is 24.9 Å². The van der Waals surface area contributed by atoms with Gasteiger partial charge in [-0.05, 0) is 54.5 Å². The predicted octanol–water partition coefficient (Wildman–Crippen LogP) is 3.53. The van der Waals surface area contributed by atoms with Crippen molar-refractivity contribution in [1.29, 1.82) is 0 Å². The average Bonchev–Trinajstić information content (AvgIpc) is 2.61. The monoisotopic (exact) mass is 321 g/mol. The minimum absolute atomic E-state index is 0.997. The van der Waals surface area contributed by atoms with E-state index in [2.05, 4.69) is 66.7 Å². The zero-order valence-electron chi connectivity index (χ0n) is 15.0. The van der Waals surface area contributed by atoms with Crippen molar-refractivity contribution < 1.29 is 4.99 Å². The first kappa shape index (κ1) is 18.0. The summed E-state index contributed by atoms with van der Waals surface area (Å²) in [7, 11) is 4.07. The molecule has 0 aromatic heterocycles. The van der Waals surface area contributed by atoms with Crippen LogP contribution >= 0.6 is 0 Å². The molecule has 126 valence electrons. The van der Waals surface area contributed by atoms with Gasteiger partial charge in [-0.2, -0.15) is 0 Å². The molecule has 1 aromatic rings. The second-order valence-electron chi connectivity index (χ2n) is 6.19. The van der Waals surface area contributed by atoms with Gasteiger partial charge in [-0.15, -0.1) is 6.58 Å². The Labute approximate surface area is 146 Å². The topological polar surface area (TPSA) is 17.2 Å². The van der Waals surface area contributed by atoms with Crippen molar-refractivity contribution in [2.75, 3.05) is 25.5 Å². The highest BCUT2D eigenvalue weighted by Crippen LogP contribution is 2.31. The minimum Gasteiger partial charge on any atom is -0.374 e. The van der Waals surface area contributed by atoms with Crippen molar-refractivity contribution in [3.63, 3.8) is 0 Å². The van der Waals surface area contributed by atoms with Crippen LogP contribution < -0.4 is 9.89 Å². The summed E-state index contributed by atoms with van der Waals surface area (Å²) >= 11 is 0. The average molecular weight is 321 g/mol. The van der Waals surface area contributed by atoms with Gasteiger partial charge in [0.05, 0.1) is 0 Å². The Morgan fingerprint density at radius 3 is 2.54 bits per heavy atom. The first-order valence-electron chi connectivity index (χ1n) is 8.68. The molecule has 0 saturated carbocycles. The van der Waals surface area contributed by atoms with Crippen LogP contribution in [0.4, 0.5) is 5.69 Å². The summed E-state index contributed by atoms with van der Waals surface area (Å²) < 4.78 is 0. The molecule has 0 radical (unpaired) electrons. The van der Waals surface area contributed by atoms with Crippen molar-refractivity contribution in [2.45, 2.75) is 25.7 Å². The van der Waals surface area contributed by atoms with Gasteiger partial charge in [0.1, 0.15) is 7.05 Å². The summed E-state index contributed by atoms with van der Waals surface area (Å²) in [5.41, 5.74) is 6.50. The zero-order chi connectivity index (χ0) is 17.4. The standard InChI is InChI=1S/C22H28N2/c1-5-7-15-24(4)21-13-11-18(12-14-21)16-19-9-8-10-20(17-23-3)22(19)6-2/h5-6,11-14,16-17H,1-2,7-10,15H2,3-4H3/p+1/b19-16+,23-17?. The summed E-state index contributed by atoms with van der Waals surface area (Å²) in [4.78, 5) is 5.41. The van der Waals surface area contributed by atoms with E-state index < -0.39 is 0 Å². The highest BCUT2D eigenvalue weighted by molar-refractivity contribution is 5.80. The fraction of sp³-hybridized carbons (Fsp3) is 0.318. The molecule has 0 spiro atoms. The van der Waals surface area contributed by atoms with E-state index in [0.717, 1.165) is 25.8 Å². The van der Waals surface area contributed by atoms with Crippen LogP contribution in [0.25, 0.3) is 6.08 Å². The molecule has 0 bridgehead atoms. The van der Waals surface area contributed by atoms with Gasteiger partial charge in [0.25, 0.3) is 0 Å². The molecule has 0 unspecified atom stereocenters. The summed E-state index contributed by atoms with van der Waals surface area (Å²) in [5.74, 6) is 0. The fourth-order valence-corrected chi connectivity index (χ4v) is 3.12. The molecule has 1 N–H and O–H groups in total. The Bertz CT molecular complexity index is 660. The van der Waals surface area contributed by atoms with Gasteiger partial charge in [0.15, 0.2) is 6.21 Å². The molecule has 1 aliphatic carbocycles. The van der Waals surface area contributed by atoms with Crippen LogP contribution in [0.2, 0.25) is 0 Å². The molecule has 0 aliphatic heterocycles. The molecule has 1 aliphatic rings. The molecule has 2 heteroatoms. The lowest BCUT2D eigenvalue weighted by atomic mass is 9.86. The van der Waals surface area contributed by atoms with Crippen molar-refractivity contribution in [1.82, 2.24) is 0 Å². The molecule has 2 rings (SSSR count). The molecular formula is C22H29N2+. The van der Waals surface area contributed by atoms with Gasteiger partial charge >= 0.3 is 0 Å². The number of hydrogen-bond acceptors (Lipinski definition) is 1. The molecule has 0 amide bonds. The van der Waals surface area contributed by atoms with E-state index in [0.29, 0.717) is 0 Å². The molecule has 2 nitrogen and oxygen atoms in total. The largest absolute Gasteiger partial charge is 0.374 e. The van der Waals surface area contributed by atoms with Gasteiger partial charge < -0.3 is 4.90 Å². The molecule has 0 saturated heterocycles. The first-order chi connectivity index (χ1) is 11.7. The Balaban J connectivity index is 2.22. The third-order valence-electron chi connectivity index (χ3n) is 4.45. The Hall–Kier alpha value is -2.35. The minimum atomic E-state index is 0.997. The lowest BCUT2D eigenvalue weighted by molar-refractivity contribution is -0.413. The van der Waals surface area contributed by atoms with E-state index in [-0.39, 0.29) is 0 Å². The lowest BCUT2D eigenvalue weighted by Crippen LogP contribution is -2.63. The SMILES string of the molecule is C=CCCN(C)c1ccc(/C=C2\CCCC(C=[NH+]C)=C2C=C)cc1. The summed E-state index contributed by atoms with van der Waals surface area (Å²) in [6.07, 6.45) is 12.8. The molecule has 0 heterocycles. The van der Waals surface area contributed by atoms with Crippen molar-refractivity contribution in [3.8, 4) is 0 Å². The number of rotatable bonds is 7. The third-order valence-corrected chi connectivity index (χ3v) is 4.45. The summed E-state index contributed by atoms with van der Waals surface area (Å²) in [5, 5.41) is 0. The lowest BCUT2D eigenvalue weighted by Gasteiger charge is -2.19. The Morgan fingerprint density at radius 1 is 1.17 bits per heavy atom. The van der Waals surface area contributed by atoms with Gasteiger partial charge in [-0.1, -0.05) is 36.9 Å². The van der Waals surface area contributed by atoms with E-state index in [9.17, 15) is 0 Å². The number of nitrogens with zero attached hydrogens (tertiary/aromatic N) is 1. The van der Waals surface area contributed by atoms with Crippen LogP contribution in [0.3, 0.4) is 0 Å². The Morgan fingerprint density at radius 2 is 1.92 bits per heavy atom. The molecule has 24 heavy (non-hydrogen) atoms. The van der Waals surface area contributed by atoms with E-state index in [4.69, 9.17) is 0 Å². The van der Waals surface area contributed by atoms with Crippen LogP contribution in [-0.2, 0) is 0 Å². The van der Waals surface area contributed by atoms with E-state index >= 15 is 0 Å². The number of allylic oxidation sites excluding steroid dienone is 4. The number of anilines is 1. The molecule has 1 aromatic carbocycles. The van der Waals surface area contributed by atoms with Crippen LogP contribution in [0.5, 0.6) is 0 Å². The summed E-state index contributed by atoms with van der Waals surface area (Å²) in [6.45, 7) is 8.80. The first-order valence-corrected chi connectivity index (χ1v) is 8.68. The number of benzene rings is 1. The van der Waals surface area contributed by atoms with Crippen LogP contribution in [-0.4, -0.2) is 26.9 Å². The maximum atomic E-state index is 4.01. The molecular weight excluding hydrogens is 292 g/mol. The van der Waals surface area contributed by atoms with E-state index in [1.165, 1.54) is 34.4 Å². The highest BCUT2D eigenvalue weighted by atomic mass is 15.1. The second-order valence-corrected chi connectivity index (χ2v) is 6.19. The smallest absolute Gasteiger partial charge is 0.165 e. The van der Waals surface area contributed by atoms with Gasteiger partial charge in [-0.3, -0.25) is 4.99 Å². The second kappa shape index (κ2) is 9.07. The Kier molecular flexibility index (Phi) is 6.80. The third kappa shape index (κ3) is 4.58. The van der Waals surface area contributed by atoms with Crippen LogP contribution in [0.1, 0.15) is 31.2 Å². The van der Waals surface area contributed by atoms with E-state index in [1.54, 1.807) is 0 Å². The van der Waals surface area contributed by atoms with Crippen LogP contribution in [0.15, 0.2) is 66.3 Å². The predicted molar refractivity (Wildman–Crippen MR) is 107 cm³/mol. The summed E-state index contributed by atoms with van der Waals surface area (Å²) in [6, 6.07) is 8.78. The van der Waals surface area contributed by atoms with Crippen molar-refractivity contribution >= 4 is 18.0 Å². The normalized spacial score (nSPS) is 16.7. The highest BCUT2D eigenvalue weighted by Gasteiger charge is 2.15. The number of nitrogens with one attached hydrogen (secondary N) is 1. The van der Waals surface area contributed by atoms with Crippen LogP contribution in [0, 0.1) is 0 Å². The zero-order valence-corrected chi connectivity index (χ0v) is 15.0. The maximum absolute atomic E-state index is 4.01.